The molecule has 0 spiro atoms. The average Bonchev–Trinajstić information content (AvgIpc) is 2.38. The van der Waals surface area contributed by atoms with E-state index < -0.39 is 40.4 Å². The fourth-order valence-corrected chi connectivity index (χ4v) is 1.66. The lowest BCUT2D eigenvalue weighted by atomic mass is 9.63. The monoisotopic (exact) mass is 287 g/mol. The molecule has 0 bridgehead atoms. The Bertz CT molecular complexity index is 657. The van der Waals surface area contributed by atoms with Gasteiger partial charge in [-0.1, -0.05) is 6.07 Å². The van der Waals surface area contributed by atoms with Gasteiger partial charge in [0.25, 0.3) is 0 Å². The van der Waals surface area contributed by atoms with Crippen molar-refractivity contribution in [1.29, 1.82) is 0 Å². The molecule has 0 aliphatic heterocycles. The number of halogens is 6. The number of aryl methyl sites for hydroxylation is 1. The largest absolute Gasteiger partial charge is 0.208 e. The molecule has 0 fully saturated rings. The summed E-state index contributed by atoms with van der Waals surface area (Å²) in [5, 5.41) is 0. The van der Waals surface area contributed by atoms with Crippen LogP contribution in [0.1, 0.15) is 5.56 Å². The van der Waals surface area contributed by atoms with Crippen LogP contribution >= 0.6 is 0 Å². The van der Waals surface area contributed by atoms with Gasteiger partial charge in [-0.05, 0) is 23.4 Å². The van der Waals surface area contributed by atoms with Crippen molar-refractivity contribution in [2.24, 2.45) is 0 Å². The summed E-state index contributed by atoms with van der Waals surface area (Å²) in [5.74, 6) is -8.44. The van der Waals surface area contributed by atoms with Crippen molar-refractivity contribution < 1.29 is 26.3 Å². The lowest BCUT2D eigenvalue weighted by Crippen LogP contribution is -2.36. The van der Waals surface area contributed by atoms with Gasteiger partial charge >= 0.3 is 0 Å². The minimum atomic E-state index is -1.65. The van der Waals surface area contributed by atoms with Crippen LogP contribution in [0.2, 0.25) is 0 Å². The Labute approximate surface area is 111 Å². The van der Waals surface area contributed by atoms with Gasteiger partial charge in [-0.25, -0.2) is 26.3 Å². The Morgan fingerprint density at radius 1 is 0.700 bits per heavy atom. The predicted molar refractivity (Wildman–Crippen MR) is 62.4 cm³/mol. The first kappa shape index (κ1) is 14.5. The molecule has 103 valence electrons. The third-order valence-corrected chi connectivity index (χ3v) is 2.72. The van der Waals surface area contributed by atoms with Crippen molar-refractivity contribution in [2.45, 2.75) is 6.92 Å². The Hall–Kier alpha value is -1.92. The first-order chi connectivity index (χ1) is 9.31. The minimum Gasteiger partial charge on any atom is -0.208 e. The number of hydrogen-bond acceptors (Lipinski definition) is 0. The number of hydrogen-bond donors (Lipinski definition) is 0. The summed E-state index contributed by atoms with van der Waals surface area (Å²) in [6, 6.07) is 1.55. The van der Waals surface area contributed by atoms with Crippen LogP contribution < -0.4 is 10.9 Å². The fraction of sp³-hybridized carbons (Fsp3) is 0.0769. The first-order valence-electron chi connectivity index (χ1n) is 5.44. The Morgan fingerprint density at radius 3 is 1.75 bits per heavy atom. The molecular formula is C13H6BF6. The summed E-state index contributed by atoms with van der Waals surface area (Å²) in [5.41, 5.74) is -1.42. The highest BCUT2D eigenvalue weighted by atomic mass is 19.2. The molecule has 20 heavy (non-hydrogen) atoms. The molecule has 0 atom stereocenters. The third-order valence-electron chi connectivity index (χ3n) is 2.72. The van der Waals surface area contributed by atoms with E-state index in [1.165, 1.54) is 6.92 Å². The van der Waals surface area contributed by atoms with Crippen molar-refractivity contribution in [1.82, 2.24) is 0 Å². The van der Waals surface area contributed by atoms with E-state index in [1.807, 2.05) is 0 Å². The van der Waals surface area contributed by atoms with E-state index in [2.05, 4.69) is 0 Å². The van der Waals surface area contributed by atoms with Crippen LogP contribution in [-0.2, 0) is 0 Å². The SMILES string of the molecule is Cc1cc([B]c2c(F)c(F)cc(F)c2F)c(F)cc1F. The smallest absolute Gasteiger partial charge is 0.203 e. The summed E-state index contributed by atoms with van der Waals surface area (Å²) in [4.78, 5) is 0. The van der Waals surface area contributed by atoms with Crippen LogP contribution in [0.5, 0.6) is 0 Å². The predicted octanol–water partition coefficient (Wildman–Crippen LogP) is 2.48. The maximum Gasteiger partial charge on any atom is 0.203 e. The molecule has 2 aromatic carbocycles. The van der Waals surface area contributed by atoms with Crippen molar-refractivity contribution in [2.75, 3.05) is 0 Å². The minimum absolute atomic E-state index is 0.0235. The summed E-state index contributed by atoms with van der Waals surface area (Å²) in [6.45, 7) is 1.31. The van der Waals surface area contributed by atoms with Crippen LogP contribution in [-0.4, -0.2) is 7.28 Å². The van der Waals surface area contributed by atoms with E-state index in [0.29, 0.717) is 13.3 Å². The Morgan fingerprint density at radius 2 is 1.20 bits per heavy atom. The highest BCUT2D eigenvalue weighted by molar-refractivity contribution is 6.67. The van der Waals surface area contributed by atoms with E-state index in [4.69, 9.17) is 0 Å². The third kappa shape index (κ3) is 2.52. The van der Waals surface area contributed by atoms with Gasteiger partial charge in [0, 0.05) is 12.1 Å². The molecule has 2 rings (SSSR count). The van der Waals surface area contributed by atoms with Gasteiger partial charge in [-0.15, -0.1) is 0 Å². The van der Waals surface area contributed by atoms with Crippen LogP contribution in [0.4, 0.5) is 26.3 Å². The Kier molecular flexibility index (Phi) is 3.79. The van der Waals surface area contributed by atoms with Crippen LogP contribution in [0.15, 0.2) is 18.2 Å². The molecule has 0 heterocycles. The fourth-order valence-electron chi connectivity index (χ4n) is 1.66. The molecule has 0 amide bonds. The lowest BCUT2D eigenvalue weighted by Gasteiger charge is -2.08. The second kappa shape index (κ2) is 5.23. The van der Waals surface area contributed by atoms with Gasteiger partial charge in [0.05, 0.1) is 0 Å². The number of benzene rings is 2. The Balaban J connectivity index is 2.53. The lowest BCUT2D eigenvalue weighted by molar-refractivity contribution is 0.463. The van der Waals surface area contributed by atoms with Crippen LogP contribution in [0.25, 0.3) is 0 Å². The van der Waals surface area contributed by atoms with Gasteiger partial charge in [0.15, 0.2) is 23.3 Å². The highest BCUT2D eigenvalue weighted by Crippen LogP contribution is 2.11. The zero-order chi connectivity index (χ0) is 15.0. The van der Waals surface area contributed by atoms with E-state index in [1.54, 1.807) is 0 Å². The number of rotatable bonds is 2. The zero-order valence-electron chi connectivity index (χ0n) is 10.1. The maximum atomic E-state index is 13.5. The summed E-state index contributed by atoms with van der Waals surface area (Å²) in [6.07, 6.45) is 0. The van der Waals surface area contributed by atoms with Gasteiger partial charge in [-0.3, -0.25) is 0 Å². The quantitative estimate of drug-likeness (QED) is 0.452. The topological polar surface area (TPSA) is 0 Å². The molecule has 0 unspecified atom stereocenters. The molecule has 2 aromatic rings. The summed E-state index contributed by atoms with van der Waals surface area (Å²) >= 11 is 0. The zero-order valence-corrected chi connectivity index (χ0v) is 10.1. The van der Waals surface area contributed by atoms with Crippen molar-refractivity contribution in [3.63, 3.8) is 0 Å². The molecule has 0 saturated carbocycles. The average molecular weight is 287 g/mol. The second-order valence-corrected chi connectivity index (χ2v) is 4.15. The van der Waals surface area contributed by atoms with Gasteiger partial charge in [0.1, 0.15) is 11.6 Å². The van der Waals surface area contributed by atoms with Gasteiger partial charge < -0.3 is 0 Å². The molecule has 7 heteroatoms. The van der Waals surface area contributed by atoms with Crippen LogP contribution in [0, 0.1) is 41.8 Å². The second-order valence-electron chi connectivity index (χ2n) is 4.15. The van der Waals surface area contributed by atoms with E-state index in [9.17, 15) is 26.3 Å². The van der Waals surface area contributed by atoms with Crippen molar-refractivity contribution in [3.05, 3.63) is 58.7 Å². The van der Waals surface area contributed by atoms with Gasteiger partial charge in [0.2, 0.25) is 7.28 Å². The van der Waals surface area contributed by atoms with E-state index in [0.717, 1.165) is 6.07 Å². The molecule has 0 aliphatic rings. The normalized spacial score (nSPS) is 10.8. The maximum absolute atomic E-state index is 13.5. The highest BCUT2D eigenvalue weighted by Gasteiger charge is 2.21. The summed E-state index contributed by atoms with van der Waals surface area (Å²) < 4.78 is 79.4. The van der Waals surface area contributed by atoms with Crippen LogP contribution in [0.3, 0.4) is 0 Å². The van der Waals surface area contributed by atoms with Gasteiger partial charge in [-0.2, -0.15) is 0 Å². The van der Waals surface area contributed by atoms with E-state index in [-0.39, 0.29) is 17.1 Å². The van der Waals surface area contributed by atoms with E-state index >= 15 is 0 Å². The molecule has 0 aliphatic carbocycles. The molecular weight excluding hydrogens is 281 g/mol. The van der Waals surface area contributed by atoms with Crippen molar-refractivity contribution >= 4 is 18.2 Å². The molecule has 0 aromatic heterocycles. The van der Waals surface area contributed by atoms with Crippen molar-refractivity contribution in [3.8, 4) is 0 Å². The summed E-state index contributed by atoms with van der Waals surface area (Å²) in [7, 11) is 0.582. The first-order valence-corrected chi connectivity index (χ1v) is 5.44. The molecule has 0 nitrogen and oxygen atoms in total. The molecule has 0 N–H and O–H groups in total. The molecule has 0 saturated heterocycles. The molecule has 1 radical (unpaired) electrons. The standard InChI is InChI=1S/C13H6BF6/c1-5-2-6(8(16)3-7(5)15)14-11-12(19)9(17)4-10(18)13(11)20/h2-4H,1H3.